The van der Waals surface area contributed by atoms with Crippen molar-refractivity contribution in [1.82, 2.24) is 5.32 Å². The van der Waals surface area contributed by atoms with Crippen LogP contribution in [0.15, 0.2) is 11.1 Å². The first kappa shape index (κ1) is 11.0. The second kappa shape index (κ2) is 4.99. The molecule has 0 aromatic rings. The van der Waals surface area contributed by atoms with Crippen molar-refractivity contribution < 1.29 is 4.74 Å². The van der Waals surface area contributed by atoms with E-state index >= 15 is 0 Å². The minimum absolute atomic E-state index is 0.0480. The van der Waals surface area contributed by atoms with Crippen molar-refractivity contribution >= 4 is 11.6 Å². The van der Waals surface area contributed by atoms with Crippen LogP contribution in [0.4, 0.5) is 0 Å². The van der Waals surface area contributed by atoms with Crippen molar-refractivity contribution in [2.75, 3.05) is 19.7 Å². The van der Waals surface area contributed by atoms with Gasteiger partial charge in [0.15, 0.2) is 0 Å². The number of nitrogens with one attached hydrogen (secondary N) is 1. The molecule has 0 atom stereocenters. The molecule has 3 heteroatoms. The molecule has 76 valence electrons. The zero-order valence-corrected chi connectivity index (χ0v) is 9.16. The smallest absolute Gasteiger partial charge is 0.0693 e. The van der Waals surface area contributed by atoms with Crippen LogP contribution in [0.2, 0.25) is 0 Å². The predicted octanol–water partition coefficient (Wildman–Crippen LogP) is 2.29. The van der Waals surface area contributed by atoms with Crippen LogP contribution in [-0.2, 0) is 4.74 Å². The highest BCUT2D eigenvalue weighted by Crippen LogP contribution is 2.22. The van der Waals surface area contributed by atoms with Crippen LogP contribution in [0, 0.1) is 0 Å². The molecule has 0 aromatic heterocycles. The highest BCUT2D eigenvalue weighted by atomic mass is 35.5. The third kappa shape index (κ3) is 3.67. The van der Waals surface area contributed by atoms with E-state index < -0.39 is 0 Å². The topological polar surface area (TPSA) is 21.3 Å². The quantitative estimate of drug-likeness (QED) is 0.760. The molecule has 0 aliphatic carbocycles. The SMILES string of the molecule is C/C(=C\Cl)COC1(C)CCNCC1. The number of rotatable bonds is 3. The van der Waals surface area contributed by atoms with Crippen molar-refractivity contribution in [3.8, 4) is 0 Å². The second-order valence-corrected chi connectivity index (χ2v) is 4.16. The van der Waals surface area contributed by atoms with Crippen molar-refractivity contribution in [3.05, 3.63) is 11.1 Å². The van der Waals surface area contributed by atoms with E-state index in [0.29, 0.717) is 6.61 Å². The summed E-state index contributed by atoms with van der Waals surface area (Å²) in [6.07, 6.45) is 2.17. The van der Waals surface area contributed by atoms with Crippen LogP contribution in [-0.4, -0.2) is 25.3 Å². The molecule has 1 rings (SSSR count). The molecule has 1 fully saturated rings. The molecular weight excluding hydrogens is 186 g/mol. The van der Waals surface area contributed by atoms with Crippen LogP contribution in [0.1, 0.15) is 26.7 Å². The fourth-order valence-electron chi connectivity index (χ4n) is 1.42. The zero-order chi connectivity index (χ0) is 9.73. The lowest BCUT2D eigenvalue weighted by Crippen LogP contribution is -2.41. The maximum atomic E-state index is 5.83. The zero-order valence-electron chi connectivity index (χ0n) is 8.40. The molecule has 0 radical (unpaired) electrons. The van der Waals surface area contributed by atoms with Crippen LogP contribution in [0.5, 0.6) is 0 Å². The van der Waals surface area contributed by atoms with Gasteiger partial charge in [-0.05, 0) is 45.4 Å². The number of piperidine rings is 1. The third-order valence-corrected chi connectivity index (χ3v) is 2.87. The average molecular weight is 204 g/mol. The second-order valence-electron chi connectivity index (χ2n) is 3.94. The summed E-state index contributed by atoms with van der Waals surface area (Å²) < 4.78 is 5.83. The fraction of sp³-hybridized carbons (Fsp3) is 0.800. The highest BCUT2D eigenvalue weighted by Gasteiger charge is 2.26. The molecule has 0 bridgehead atoms. The van der Waals surface area contributed by atoms with Gasteiger partial charge >= 0.3 is 0 Å². The van der Waals surface area contributed by atoms with Crippen molar-refractivity contribution in [3.63, 3.8) is 0 Å². The van der Waals surface area contributed by atoms with Crippen molar-refractivity contribution in [2.24, 2.45) is 0 Å². The van der Waals surface area contributed by atoms with E-state index in [9.17, 15) is 0 Å². The Morgan fingerprint density at radius 2 is 2.15 bits per heavy atom. The minimum Gasteiger partial charge on any atom is -0.371 e. The van der Waals surface area contributed by atoms with E-state index in [-0.39, 0.29) is 5.60 Å². The maximum Gasteiger partial charge on any atom is 0.0693 e. The standard InChI is InChI=1S/C10H18ClNO/c1-9(7-11)8-13-10(2)3-5-12-6-4-10/h7,12H,3-6,8H2,1-2H3/b9-7+. The van der Waals surface area contributed by atoms with E-state index in [1.165, 1.54) is 0 Å². The molecule has 1 aliphatic rings. The molecule has 1 heterocycles. The summed E-state index contributed by atoms with van der Waals surface area (Å²) in [4.78, 5) is 0. The summed E-state index contributed by atoms with van der Waals surface area (Å²) >= 11 is 5.56. The monoisotopic (exact) mass is 203 g/mol. The summed E-state index contributed by atoms with van der Waals surface area (Å²) in [5.41, 5.74) is 2.72. The first-order valence-corrected chi connectivity index (χ1v) is 5.20. The summed E-state index contributed by atoms with van der Waals surface area (Å²) in [5.74, 6) is 0. The van der Waals surface area contributed by atoms with Gasteiger partial charge in [0, 0.05) is 5.54 Å². The molecule has 1 aliphatic heterocycles. The summed E-state index contributed by atoms with van der Waals surface area (Å²) in [7, 11) is 0. The Morgan fingerprint density at radius 3 is 2.69 bits per heavy atom. The molecule has 0 saturated carbocycles. The van der Waals surface area contributed by atoms with Gasteiger partial charge < -0.3 is 10.1 Å². The molecule has 0 unspecified atom stereocenters. The van der Waals surface area contributed by atoms with Gasteiger partial charge in [0.05, 0.1) is 12.2 Å². The van der Waals surface area contributed by atoms with Crippen molar-refractivity contribution in [1.29, 1.82) is 0 Å². The van der Waals surface area contributed by atoms with Gasteiger partial charge in [-0.15, -0.1) is 0 Å². The molecule has 0 aromatic carbocycles. The average Bonchev–Trinajstić information content (AvgIpc) is 2.15. The maximum absolute atomic E-state index is 5.83. The van der Waals surface area contributed by atoms with E-state index in [1.807, 2.05) is 6.92 Å². The van der Waals surface area contributed by atoms with Gasteiger partial charge in [-0.25, -0.2) is 0 Å². The highest BCUT2D eigenvalue weighted by molar-refractivity contribution is 6.25. The van der Waals surface area contributed by atoms with E-state index in [4.69, 9.17) is 16.3 Å². The molecule has 1 saturated heterocycles. The van der Waals surface area contributed by atoms with Gasteiger partial charge in [0.2, 0.25) is 0 Å². The molecule has 2 nitrogen and oxygen atoms in total. The Hall–Kier alpha value is -0.0500. The Labute approximate surface area is 85.3 Å². The fourth-order valence-corrected chi connectivity index (χ4v) is 1.48. The lowest BCUT2D eigenvalue weighted by atomic mass is 9.94. The van der Waals surface area contributed by atoms with Gasteiger partial charge in [0.1, 0.15) is 0 Å². The molecule has 0 spiro atoms. The van der Waals surface area contributed by atoms with Gasteiger partial charge in [-0.2, -0.15) is 0 Å². The summed E-state index contributed by atoms with van der Waals surface area (Å²) in [5, 5.41) is 3.32. The molecule has 13 heavy (non-hydrogen) atoms. The Kier molecular flexibility index (Phi) is 4.23. The van der Waals surface area contributed by atoms with Crippen LogP contribution in [0.3, 0.4) is 0 Å². The van der Waals surface area contributed by atoms with Crippen LogP contribution < -0.4 is 5.32 Å². The number of halogens is 1. The summed E-state index contributed by atoms with van der Waals surface area (Å²) in [6, 6.07) is 0. The van der Waals surface area contributed by atoms with Gasteiger partial charge in [-0.1, -0.05) is 11.6 Å². The van der Waals surface area contributed by atoms with Crippen molar-refractivity contribution in [2.45, 2.75) is 32.3 Å². The lowest BCUT2D eigenvalue weighted by molar-refractivity contribution is -0.0405. The minimum atomic E-state index is 0.0480. The lowest BCUT2D eigenvalue weighted by Gasteiger charge is -2.34. The van der Waals surface area contributed by atoms with Gasteiger partial charge in [0.25, 0.3) is 0 Å². The first-order valence-electron chi connectivity index (χ1n) is 4.77. The molecular formula is C10H18ClNO. The Morgan fingerprint density at radius 1 is 1.54 bits per heavy atom. The Bertz CT molecular complexity index is 185. The van der Waals surface area contributed by atoms with E-state index in [1.54, 1.807) is 5.54 Å². The largest absolute Gasteiger partial charge is 0.371 e. The summed E-state index contributed by atoms with van der Waals surface area (Å²) in [6.45, 7) is 6.92. The van der Waals surface area contributed by atoms with Gasteiger partial charge in [-0.3, -0.25) is 0 Å². The Balaban J connectivity index is 2.33. The normalized spacial score (nSPS) is 23.2. The number of ether oxygens (including phenoxy) is 1. The predicted molar refractivity (Wildman–Crippen MR) is 56.1 cm³/mol. The van der Waals surface area contributed by atoms with Crippen LogP contribution in [0.25, 0.3) is 0 Å². The molecule has 0 amide bonds. The first-order chi connectivity index (χ1) is 6.16. The third-order valence-electron chi connectivity index (χ3n) is 2.50. The number of hydrogen-bond acceptors (Lipinski definition) is 2. The van der Waals surface area contributed by atoms with E-state index in [0.717, 1.165) is 31.5 Å². The molecule has 1 N–H and O–H groups in total. The number of hydrogen-bond donors (Lipinski definition) is 1. The van der Waals surface area contributed by atoms with E-state index in [2.05, 4.69) is 12.2 Å². The van der Waals surface area contributed by atoms with Crippen LogP contribution >= 0.6 is 11.6 Å².